The molecule has 0 aromatic carbocycles. The van der Waals surface area contributed by atoms with Crippen molar-refractivity contribution in [1.29, 1.82) is 0 Å². The van der Waals surface area contributed by atoms with Crippen molar-refractivity contribution in [1.82, 2.24) is 19.4 Å². The van der Waals surface area contributed by atoms with Gasteiger partial charge in [0, 0.05) is 7.05 Å². The van der Waals surface area contributed by atoms with Crippen LogP contribution in [0.25, 0.3) is 0 Å². The molecule has 0 aliphatic rings. The number of nitrogens with zero attached hydrogens (tertiary/aromatic N) is 5. The van der Waals surface area contributed by atoms with E-state index in [0.717, 1.165) is 11.5 Å². The molecule has 9 nitrogen and oxygen atoms in total. The minimum absolute atomic E-state index is 0.0829. The first-order valence-electron chi connectivity index (χ1n) is 6.09. The molecule has 2 aromatic rings. The molecule has 0 saturated heterocycles. The molecule has 21 heavy (non-hydrogen) atoms. The molecule has 0 unspecified atom stereocenters. The number of amides is 1. The summed E-state index contributed by atoms with van der Waals surface area (Å²) in [5.41, 5.74) is 6.51. The first-order chi connectivity index (χ1) is 9.95. The number of aryl methyl sites for hydroxylation is 1. The average molecular weight is 309 g/mol. The molecule has 2 aromatic heterocycles. The first-order valence-corrected chi connectivity index (χ1v) is 6.86. The van der Waals surface area contributed by atoms with Crippen molar-refractivity contribution in [2.24, 2.45) is 17.9 Å². The maximum atomic E-state index is 12.3. The van der Waals surface area contributed by atoms with Crippen molar-refractivity contribution >= 4 is 29.1 Å². The molecular formula is C11H15N7O2S. The molecule has 0 aliphatic carbocycles. The van der Waals surface area contributed by atoms with Gasteiger partial charge in [0.15, 0.2) is 5.84 Å². The third kappa shape index (κ3) is 2.84. The Morgan fingerprint density at radius 1 is 1.57 bits per heavy atom. The molecule has 2 rings (SSSR count). The van der Waals surface area contributed by atoms with Crippen LogP contribution in [0, 0.1) is 0 Å². The lowest BCUT2D eigenvalue weighted by atomic mass is 10.1. The smallest absolute Gasteiger partial charge is 0.270 e. The number of nitrogens with two attached hydrogens (primary N) is 1. The Kier molecular flexibility index (Phi) is 4.17. The van der Waals surface area contributed by atoms with Gasteiger partial charge in [-0.3, -0.25) is 9.48 Å². The second-order valence-electron chi connectivity index (χ2n) is 4.61. The van der Waals surface area contributed by atoms with Crippen molar-refractivity contribution in [3.8, 4) is 0 Å². The van der Waals surface area contributed by atoms with E-state index < -0.39 is 0 Å². The summed E-state index contributed by atoms with van der Waals surface area (Å²) in [6.07, 6.45) is 1.40. The Balaban J connectivity index is 2.32. The van der Waals surface area contributed by atoms with Crippen LogP contribution in [0.2, 0.25) is 0 Å². The van der Waals surface area contributed by atoms with Crippen LogP contribution < -0.4 is 11.1 Å². The molecule has 2 heterocycles. The monoisotopic (exact) mass is 309 g/mol. The minimum atomic E-state index is -0.357. The van der Waals surface area contributed by atoms with Crippen molar-refractivity contribution in [2.75, 3.05) is 5.32 Å². The first kappa shape index (κ1) is 14.9. The highest BCUT2D eigenvalue weighted by atomic mass is 32.1. The summed E-state index contributed by atoms with van der Waals surface area (Å²) in [7, 11) is 1.64. The van der Waals surface area contributed by atoms with Crippen LogP contribution >= 0.6 is 11.5 Å². The summed E-state index contributed by atoms with van der Waals surface area (Å²) < 4.78 is 5.24. The molecule has 0 radical (unpaired) electrons. The Hall–Kier alpha value is -2.49. The van der Waals surface area contributed by atoms with E-state index in [0.29, 0.717) is 22.0 Å². The Bertz CT molecular complexity index is 689. The number of oxime groups is 1. The van der Waals surface area contributed by atoms with Crippen molar-refractivity contribution in [3.63, 3.8) is 0 Å². The molecular weight excluding hydrogens is 294 g/mol. The van der Waals surface area contributed by atoms with Crippen LogP contribution in [0.15, 0.2) is 11.4 Å². The van der Waals surface area contributed by atoms with Gasteiger partial charge >= 0.3 is 0 Å². The molecule has 0 bridgehead atoms. The lowest BCUT2D eigenvalue weighted by Gasteiger charge is -2.08. The van der Waals surface area contributed by atoms with E-state index in [-0.39, 0.29) is 17.7 Å². The fourth-order valence-electron chi connectivity index (χ4n) is 1.72. The van der Waals surface area contributed by atoms with Gasteiger partial charge in [0.1, 0.15) is 10.7 Å². The number of hydrogen-bond acceptors (Lipinski definition) is 7. The Labute approximate surface area is 124 Å². The van der Waals surface area contributed by atoms with E-state index in [2.05, 4.69) is 25.2 Å². The molecule has 0 fully saturated rings. The topological polar surface area (TPSA) is 131 Å². The molecule has 1 amide bonds. The highest BCUT2D eigenvalue weighted by Gasteiger charge is 2.22. The second kappa shape index (κ2) is 5.87. The molecule has 0 spiro atoms. The molecule has 10 heteroatoms. The van der Waals surface area contributed by atoms with Crippen LogP contribution in [-0.2, 0) is 7.05 Å². The third-order valence-electron chi connectivity index (χ3n) is 2.82. The summed E-state index contributed by atoms with van der Waals surface area (Å²) >= 11 is 1.02. The summed E-state index contributed by atoms with van der Waals surface area (Å²) in [5.74, 6) is -0.0767. The number of aromatic nitrogens is 4. The zero-order valence-corrected chi connectivity index (χ0v) is 12.5. The number of nitrogens with one attached hydrogen (secondary N) is 1. The van der Waals surface area contributed by atoms with Crippen molar-refractivity contribution in [3.05, 3.63) is 22.3 Å². The SMILES string of the molecule is CC(C)c1nnsc1C(=O)Nc1c(C(N)=NO)cnn1C. The van der Waals surface area contributed by atoms with E-state index >= 15 is 0 Å². The second-order valence-corrected chi connectivity index (χ2v) is 5.37. The number of carbonyl (C=O) groups excluding carboxylic acids is 1. The van der Waals surface area contributed by atoms with E-state index in [1.807, 2.05) is 13.8 Å². The Morgan fingerprint density at radius 2 is 2.29 bits per heavy atom. The molecule has 0 saturated carbocycles. The van der Waals surface area contributed by atoms with Gasteiger partial charge in [-0.25, -0.2) is 0 Å². The number of amidine groups is 1. The maximum absolute atomic E-state index is 12.3. The van der Waals surface area contributed by atoms with E-state index in [9.17, 15) is 4.79 Å². The molecule has 4 N–H and O–H groups in total. The quantitative estimate of drug-likeness (QED) is 0.330. The molecule has 112 valence electrons. The average Bonchev–Trinajstić information content (AvgIpc) is 3.06. The lowest BCUT2D eigenvalue weighted by Crippen LogP contribution is -2.20. The van der Waals surface area contributed by atoms with Crippen LogP contribution in [0.3, 0.4) is 0 Å². The van der Waals surface area contributed by atoms with Gasteiger partial charge < -0.3 is 16.3 Å². The van der Waals surface area contributed by atoms with Gasteiger partial charge in [-0.15, -0.1) is 5.10 Å². The predicted octanol–water partition coefficient (Wildman–Crippen LogP) is 0.742. The van der Waals surface area contributed by atoms with E-state index in [4.69, 9.17) is 10.9 Å². The predicted molar refractivity (Wildman–Crippen MR) is 77.7 cm³/mol. The van der Waals surface area contributed by atoms with Crippen LogP contribution in [0.4, 0.5) is 5.82 Å². The summed E-state index contributed by atoms with van der Waals surface area (Å²) in [6, 6.07) is 0. The standard InChI is InChI=1S/C11H15N7O2S/c1-5(2)7-8(21-17-15-7)11(19)14-10-6(9(12)16-20)4-13-18(10)3/h4-5,20H,1-3H3,(H2,12,16)(H,14,19). The molecule has 0 aliphatic heterocycles. The van der Waals surface area contributed by atoms with E-state index in [1.54, 1.807) is 7.05 Å². The lowest BCUT2D eigenvalue weighted by molar-refractivity contribution is 0.102. The largest absolute Gasteiger partial charge is 0.409 e. The molecule has 0 atom stereocenters. The van der Waals surface area contributed by atoms with Gasteiger partial charge in [-0.1, -0.05) is 23.5 Å². The van der Waals surface area contributed by atoms with E-state index in [1.165, 1.54) is 10.9 Å². The normalized spacial score (nSPS) is 11.9. The Morgan fingerprint density at radius 3 is 2.90 bits per heavy atom. The van der Waals surface area contributed by atoms with Gasteiger partial charge in [0.2, 0.25) is 0 Å². The van der Waals surface area contributed by atoms with Gasteiger partial charge in [-0.05, 0) is 17.5 Å². The third-order valence-corrected chi connectivity index (χ3v) is 3.56. The zero-order chi connectivity index (χ0) is 15.6. The van der Waals surface area contributed by atoms with Gasteiger partial charge in [0.05, 0.1) is 17.5 Å². The fraction of sp³-hybridized carbons (Fsp3) is 0.364. The highest BCUT2D eigenvalue weighted by molar-refractivity contribution is 7.08. The number of hydrogen-bond donors (Lipinski definition) is 3. The summed E-state index contributed by atoms with van der Waals surface area (Å²) in [5, 5.41) is 22.3. The summed E-state index contributed by atoms with van der Waals surface area (Å²) in [4.78, 5) is 12.8. The fourth-order valence-corrected chi connectivity index (χ4v) is 2.44. The number of anilines is 1. The minimum Gasteiger partial charge on any atom is -0.409 e. The zero-order valence-electron chi connectivity index (χ0n) is 11.7. The van der Waals surface area contributed by atoms with Crippen LogP contribution in [-0.4, -0.2) is 36.3 Å². The van der Waals surface area contributed by atoms with Crippen molar-refractivity contribution in [2.45, 2.75) is 19.8 Å². The van der Waals surface area contributed by atoms with Crippen molar-refractivity contribution < 1.29 is 10.0 Å². The number of carbonyl (C=O) groups is 1. The maximum Gasteiger partial charge on any atom is 0.270 e. The summed E-state index contributed by atoms with van der Waals surface area (Å²) in [6.45, 7) is 3.86. The highest BCUT2D eigenvalue weighted by Crippen LogP contribution is 2.22. The van der Waals surface area contributed by atoms with Gasteiger partial charge in [0.25, 0.3) is 5.91 Å². The van der Waals surface area contributed by atoms with Crippen LogP contribution in [0.5, 0.6) is 0 Å². The van der Waals surface area contributed by atoms with Gasteiger partial charge in [-0.2, -0.15) is 5.10 Å². The number of rotatable bonds is 4. The van der Waals surface area contributed by atoms with Crippen LogP contribution in [0.1, 0.15) is 40.7 Å².